The average molecular weight is 288 g/mol. The molecule has 0 spiro atoms. The standard InChI is InChI=1S/C14H16N4OS/c1-8-13(20-7-16-8)6-18(2)12-5-11-9(3-10(12)15)4-14(19)17-11/h3,5,7H,4,6,15H2,1-2H3,(H,17,19). The maximum Gasteiger partial charge on any atom is 0.228 e. The minimum absolute atomic E-state index is 0.0255. The van der Waals surface area contributed by atoms with E-state index in [1.807, 2.05) is 31.6 Å². The van der Waals surface area contributed by atoms with Gasteiger partial charge in [-0.1, -0.05) is 0 Å². The number of anilines is 3. The topological polar surface area (TPSA) is 71.2 Å². The molecule has 0 unspecified atom stereocenters. The van der Waals surface area contributed by atoms with Gasteiger partial charge in [0, 0.05) is 17.6 Å². The van der Waals surface area contributed by atoms with Crippen molar-refractivity contribution >= 4 is 34.3 Å². The van der Waals surface area contributed by atoms with Crippen molar-refractivity contribution in [2.45, 2.75) is 19.9 Å². The summed E-state index contributed by atoms with van der Waals surface area (Å²) in [7, 11) is 1.99. The number of nitrogens with two attached hydrogens (primary N) is 1. The number of hydrogen-bond acceptors (Lipinski definition) is 5. The molecule has 5 nitrogen and oxygen atoms in total. The molecule has 0 bridgehead atoms. The van der Waals surface area contributed by atoms with Crippen molar-refractivity contribution in [3.05, 3.63) is 33.8 Å². The molecule has 0 radical (unpaired) electrons. The van der Waals surface area contributed by atoms with Crippen LogP contribution in [0.4, 0.5) is 17.1 Å². The fourth-order valence-corrected chi connectivity index (χ4v) is 3.22. The summed E-state index contributed by atoms with van der Waals surface area (Å²) in [5, 5.41) is 2.86. The zero-order valence-electron chi connectivity index (χ0n) is 11.4. The molecule has 2 heterocycles. The molecular formula is C14H16N4OS. The Labute approximate surface area is 121 Å². The smallest absolute Gasteiger partial charge is 0.228 e. The van der Waals surface area contributed by atoms with Gasteiger partial charge in [-0.15, -0.1) is 11.3 Å². The van der Waals surface area contributed by atoms with Crippen molar-refractivity contribution in [3.63, 3.8) is 0 Å². The van der Waals surface area contributed by atoms with Crippen molar-refractivity contribution in [2.75, 3.05) is 23.0 Å². The van der Waals surface area contributed by atoms with E-state index in [0.717, 1.165) is 29.2 Å². The molecule has 1 aromatic carbocycles. The van der Waals surface area contributed by atoms with Crippen molar-refractivity contribution in [2.24, 2.45) is 0 Å². The Morgan fingerprint density at radius 3 is 3.00 bits per heavy atom. The van der Waals surface area contributed by atoms with E-state index in [0.29, 0.717) is 12.1 Å². The minimum atomic E-state index is 0.0255. The van der Waals surface area contributed by atoms with Crippen molar-refractivity contribution in [1.29, 1.82) is 0 Å². The Hall–Kier alpha value is -2.08. The maximum absolute atomic E-state index is 11.4. The number of nitrogens with zero attached hydrogens (tertiary/aromatic N) is 2. The van der Waals surface area contributed by atoms with Gasteiger partial charge >= 0.3 is 0 Å². The third-order valence-corrected chi connectivity index (χ3v) is 4.43. The molecule has 3 N–H and O–H groups in total. The van der Waals surface area contributed by atoms with E-state index >= 15 is 0 Å². The number of aryl methyl sites for hydroxylation is 1. The number of fused-ring (bicyclic) bond motifs is 1. The molecule has 20 heavy (non-hydrogen) atoms. The van der Waals surface area contributed by atoms with Crippen molar-refractivity contribution in [1.82, 2.24) is 4.98 Å². The summed E-state index contributed by atoms with van der Waals surface area (Å²) < 4.78 is 0. The molecule has 6 heteroatoms. The first-order valence-corrected chi connectivity index (χ1v) is 7.25. The first-order chi connectivity index (χ1) is 9.54. The fourth-order valence-electron chi connectivity index (χ4n) is 2.39. The van der Waals surface area contributed by atoms with E-state index in [1.165, 1.54) is 4.88 Å². The van der Waals surface area contributed by atoms with Gasteiger partial charge < -0.3 is 16.0 Å². The third kappa shape index (κ3) is 2.22. The predicted molar refractivity (Wildman–Crippen MR) is 82.1 cm³/mol. The lowest BCUT2D eigenvalue weighted by Crippen LogP contribution is -2.18. The van der Waals surface area contributed by atoms with Crippen LogP contribution in [0.5, 0.6) is 0 Å². The largest absolute Gasteiger partial charge is 0.397 e. The molecule has 3 rings (SSSR count). The SMILES string of the molecule is Cc1ncsc1CN(C)c1cc2c(cc1N)CC(=O)N2. The number of thiazole rings is 1. The molecule has 1 aliphatic heterocycles. The van der Waals surface area contributed by atoms with Crippen LogP contribution in [0.15, 0.2) is 17.6 Å². The van der Waals surface area contributed by atoms with Crippen LogP contribution in [0.3, 0.4) is 0 Å². The second-order valence-electron chi connectivity index (χ2n) is 5.01. The van der Waals surface area contributed by atoms with E-state index in [4.69, 9.17) is 5.73 Å². The molecule has 104 valence electrons. The van der Waals surface area contributed by atoms with Gasteiger partial charge in [0.25, 0.3) is 0 Å². The first-order valence-electron chi connectivity index (χ1n) is 6.37. The van der Waals surface area contributed by atoms with E-state index < -0.39 is 0 Å². The van der Waals surface area contributed by atoms with Gasteiger partial charge in [-0.05, 0) is 24.6 Å². The summed E-state index contributed by atoms with van der Waals surface area (Å²) >= 11 is 1.64. The Kier molecular flexibility index (Phi) is 3.10. The van der Waals surface area contributed by atoms with Crippen molar-refractivity contribution in [3.8, 4) is 0 Å². The van der Waals surface area contributed by atoms with Gasteiger partial charge in [-0.25, -0.2) is 4.98 Å². The highest BCUT2D eigenvalue weighted by Gasteiger charge is 2.20. The summed E-state index contributed by atoms with van der Waals surface area (Å²) in [5.41, 5.74) is 12.5. The molecule has 1 aromatic heterocycles. The molecule has 0 saturated carbocycles. The molecule has 0 atom stereocenters. The third-order valence-electron chi connectivity index (χ3n) is 3.51. The molecule has 0 saturated heterocycles. The Balaban J connectivity index is 1.89. The highest BCUT2D eigenvalue weighted by atomic mass is 32.1. The number of carbonyl (C=O) groups is 1. The monoisotopic (exact) mass is 288 g/mol. The highest BCUT2D eigenvalue weighted by Crippen LogP contribution is 2.34. The molecule has 2 aromatic rings. The van der Waals surface area contributed by atoms with Crippen LogP contribution in [-0.4, -0.2) is 17.9 Å². The lowest BCUT2D eigenvalue weighted by Gasteiger charge is -2.21. The van der Waals surface area contributed by atoms with E-state index in [9.17, 15) is 4.79 Å². The van der Waals surface area contributed by atoms with Crippen LogP contribution in [0, 0.1) is 6.92 Å². The Morgan fingerprint density at radius 2 is 2.30 bits per heavy atom. The lowest BCUT2D eigenvalue weighted by molar-refractivity contribution is -0.115. The number of amides is 1. The summed E-state index contributed by atoms with van der Waals surface area (Å²) in [6, 6.07) is 3.84. The molecule has 0 fully saturated rings. The van der Waals surface area contributed by atoms with Gasteiger partial charge in [0.05, 0.1) is 35.5 Å². The van der Waals surface area contributed by atoms with Gasteiger partial charge in [0.1, 0.15) is 0 Å². The number of nitrogens with one attached hydrogen (secondary N) is 1. The lowest BCUT2D eigenvalue weighted by atomic mass is 10.1. The summed E-state index contributed by atoms with van der Waals surface area (Å²) in [5.74, 6) is 0.0255. The Morgan fingerprint density at radius 1 is 1.50 bits per heavy atom. The van der Waals surface area contributed by atoms with Crippen LogP contribution in [0.25, 0.3) is 0 Å². The average Bonchev–Trinajstić information content (AvgIpc) is 2.93. The second kappa shape index (κ2) is 4.79. The van der Waals surface area contributed by atoms with E-state index in [1.54, 1.807) is 11.3 Å². The summed E-state index contributed by atoms with van der Waals surface area (Å²) in [6.45, 7) is 2.76. The number of nitrogen functional groups attached to an aromatic ring is 1. The van der Waals surface area contributed by atoms with Crippen LogP contribution in [0.1, 0.15) is 16.1 Å². The van der Waals surface area contributed by atoms with Crippen LogP contribution in [-0.2, 0) is 17.8 Å². The minimum Gasteiger partial charge on any atom is -0.397 e. The molecular weight excluding hydrogens is 272 g/mol. The normalized spacial score (nSPS) is 13.2. The van der Waals surface area contributed by atoms with Gasteiger partial charge in [-0.3, -0.25) is 4.79 Å². The highest BCUT2D eigenvalue weighted by molar-refractivity contribution is 7.09. The molecule has 0 aliphatic carbocycles. The number of carbonyl (C=O) groups excluding carboxylic acids is 1. The Bertz CT molecular complexity index is 680. The zero-order chi connectivity index (χ0) is 14.3. The number of hydrogen-bond donors (Lipinski definition) is 2. The molecule has 1 aliphatic rings. The number of aromatic nitrogens is 1. The summed E-state index contributed by atoms with van der Waals surface area (Å²) in [6.07, 6.45) is 0.414. The second-order valence-corrected chi connectivity index (χ2v) is 5.95. The van der Waals surface area contributed by atoms with Crippen LogP contribution >= 0.6 is 11.3 Å². The maximum atomic E-state index is 11.4. The number of rotatable bonds is 3. The summed E-state index contributed by atoms with van der Waals surface area (Å²) in [4.78, 5) is 19.0. The fraction of sp³-hybridized carbons (Fsp3) is 0.286. The van der Waals surface area contributed by atoms with Crippen molar-refractivity contribution < 1.29 is 4.79 Å². The predicted octanol–water partition coefficient (Wildman–Crippen LogP) is 2.16. The van der Waals surface area contributed by atoms with Crippen LogP contribution < -0.4 is 16.0 Å². The van der Waals surface area contributed by atoms with Gasteiger partial charge in [0.15, 0.2) is 0 Å². The van der Waals surface area contributed by atoms with E-state index in [-0.39, 0.29) is 5.91 Å². The van der Waals surface area contributed by atoms with Gasteiger partial charge in [-0.2, -0.15) is 0 Å². The molecule has 1 amide bonds. The first kappa shape index (κ1) is 12.9. The van der Waals surface area contributed by atoms with E-state index in [2.05, 4.69) is 15.2 Å². The quantitative estimate of drug-likeness (QED) is 0.849. The zero-order valence-corrected chi connectivity index (χ0v) is 12.3. The van der Waals surface area contributed by atoms with Crippen LogP contribution in [0.2, 0.25) is 0 Å². The number of benzene rings is 1. The van der Waals surface area contributed by atoms with Gasteiger partial charge in [0.2, 0.25) is 5.91 Å².